The van der Waals surface area contributed by atoms with Gasteiger partial charge < -0.3 is 20.3 Å². The van der Waals surface area contributed by atoms with Crippen LogP contribution >= 0.6 is 0 Å². The van der Waals surface area contributed by atoms with Crippen LogP contribution in [0.15, 0.2) is 48.5 Å². The molecule has 0 aliphatic rings. The predicted octanol–water partition coefficient (Wildman–Crippen LogP) is 7.25. The highest BCUT2D eigenvalue weighted by molar-refractivity contribution is 5.92. The first-order chi connectivity index (χ1) is 19.6. The minimum absolute atomic E-state index is 0.183. The van der Waals surface area contributed by atoms with Gasteiger partial charge in [0.25, 0.3) is 0 Å². The van der Waals surface area contributed by atoms with Crippen molar-refractivity contribution in [2.24, 2.45) is 11.8 Å². The van der Waals surface area contributed by atoms with Crippen molar-refractivity contribution in [3.63, 3.8) is 0 Å². The average Bonchev–Trinajstić information content (AvgIpc) is 2.90. The van der Waals surface area contributed by atoms with Crippen LogP contribution in [0.3, 0.4) is 0 Å². The van der Waals surface area contributed by atoms with Crippen LogP contribution in [0.25, 0.3) is 0 Å². The molecule has 0 aromatic heterocycles. The van der Waals surface area contributed by atoms with Crippen LogP contribution in [0.5, 0.6) is 0 Å². The molecule has 42 heavy (non-hydrogen) atoms. The Hall–Kier alpha value is -3.35. The summed E-state index contributed by atoms with van der Waals surface area (Å²) in [6, 6.07) is 13.8. The molecule has 4 atom stereocenters. The molecular weight excluding hydrogens is 526 g/mol. The van der Waals surface area contributed by atoms with Crippen LogP contribution in [-0.4, -0.2) is 40.5 Å². The second-order valence-electron chi connectivity index (χ2n) is 13.1. The van der Waals surface area contributed by atoms with E-state index in [-0.39, 0.29) is 23.8 Å². The Bertz CT molecular complexity index is 1150. The number of amides is 3. The van der Waals surface area contributed by atoms with Crippen molar-refractivity contribution in [2.75, 3.05) is 0 Å². The smallest absolute Gasteiger partial charge is 0.408 e. The summed E-state index contributed by atoms with van der Waals surface area (Å²) in [6.45, 7) is 19.9. The van der Waals surface area contributed by atoms with Crippen molar-refractivity contribution in [2.45, 2.75) is 119 Å². The molecular formula is C35H53N3O4. The Kier molecular flexibility index (Phi) is 13.1. The highest BCUT2D eigenvalue weighted by Crippen LogP contribution is 2.30. The second kappa shape index (κ2) is 15.8. The van der Waals surface area contributed by atoms with Gasteiger partial charge in [0.05, 0.1) is 0 Å². The largest absolute Gasteiger partial charge is 0.444 e. The second-order valence-corrected chi connectivity index (χ2v) is 13.1. The molecule has 0 aliphatic carbocycles. The van der Waals surface area contributed by atoms with Gasteiger partial charge in [0.15, 0.2) is 0 Å². The summed E-state index contributed by atoms with van der Waals surface area (Å²) >= 11 is 0. The molecule has 7 nitrogen and oxygen atoms in total. The number of hydrogen-bond donors (Lipinski definition) is 2. The lowest BCUT2D eigenvalue weighted by Crippen LogP contribution is -2.57. The van der Waals surface area contributed by atoms with Gasteiger partial charge in [0.2, 0.25) is 11.8 Å². The van der Waals surface area contributed by atoms with Crippen molar-refractivity contribution >= 4 is 17.9 Å². The van der Waals surface area contributed by atoms with Crippen molar-refractivity contribution in [3.05, 3.63) is 70.8 Å². The maximum atomic E-state index is 14.7. The average molecular weight is 580 g/mol. The molecule has 232 valence electrons. The standard InChI is InChI=1S/C35H53N3O4/c1-11-26(6)30(37-34(41)42-35(8,9)10)33(40)38(27(7)18-17-23(2)3)31(29-20-24(4)19-25(5)21-29)32(39)36-22-28-15-13-12-14-16-28/h12-16,19-21,23,26-27,30-31H,11,17-18,22H2,1-10H3,(H,36,39)(H,37,41). The van der Waals surface area contributed by atoms with Crippen LogP contribution < -0.4 is 10.6 Å². The van der Waals surface area contributed by atoms with Crippen molar-refractivity contribution in [1.82, 2.24) is 15.5 Å². The third kappa shape index (κ3) is 10.8. The molecule has 0 heterocycles. The van der Waals surface area contributed by atoms with E-state index in [0.717, 1.165) is 35.1 Å². The Labute approximate surface area is 253 Å². The zero-order valence-corrected chi connectivity index (χ0v) is 27.4. The van der Waals surface area contributed by atoms with Crippen LogP contribution in [-0.2, 0) is 20.9 Å². The Morgan fingerprint density at radius 3 is 2.02 bits per heavy atom. The lowest BCUT2D eigenvalue weighted by molar-refractivity contribution is -0.146. The maximum absolute atomic E-state index is 14.7. The molecule has 3 amide bonds. The number of alkyl carbamates (subject to hydrolysis) is 1. The first kappa shape index (κ1) is 34.8. The zero-order valence-electron chi connectivity index (χ0n) is 27.4. The highest BCUT2D eigenvalue weighted by atomic mass is 16.6. The normalized spacial score (nSPS) is 14.5. The number of carbonyl (C=O) groups excluding carboxylic acids is 3. The van der Waals surface area contributed by atoms with Gasteiger partial charge in [-0.05, 0) is 77.3 Å². The predicted molar refractivity (Wildman–Crippen MR) is 170 cm³/mol. The molecule has 0 saturated heterocycles. The summed E-state index contributed by atoms with van der Waals surface area (Å²) in [7, 11) is 0. The number of ether oxygens (including phenoxy) is 1. The van der Waals surface area contributed by atoms with E-state index < -0.39 is 23.8 Å². The molecule has 7 heteroatoms. The highest BCUT2D eigenvalue weighted by Gasteiger charge is 2.40. The fourth-order valence-electron chi connectivity index (χ4n) is 5.08. The van der Waals surface area contributed by atoms with E-state index in [9.17, 15) is 14.4 Å². The number of nitrogens with one attached hydrogen (secondary N) is 2. The number of carbonyl (C=O) groups is 3. The Morgan fingerprint density at radius 2 is 1.50 bits per heavy atom. The number of aryl methyl sites for hydroxylation is 2. The van der Waals surface area contributed by atoms with E-state index in [0.29, 0.717) is 18.9 Å². The summed E-state index contributed by atoms with van der Waals surface area (Å²) in [6.07, 6.45) is 1.63. The van der Waals surface area contributed by atoms with Crippen molar-refractivity contribution < 1.29 is 19.1 Å². The summed E-state index contributed by atoms with van der Waals surface area (Å²) < 4.78 is 5.54. The summed E-state index contributed by atoms with van der Waals surface area (Å²) in [5, 5.41) is 5.97. The number of nitrogens with zero attached hydrogens (tertiary/aromatic N) is 1. The van der Waals surface area contributed by atoms with Gasteiger partial charge >= 0.3 is 6.09 Å². The quantitative estimate of drug-likeness (QED) is 0.262. The molecule has 2 aromatic carbocycles. The lowest BCUT2D eigenvalue weighted by Gasteiger charge is -2.40. The number of rotatable bonds is 13. The fraction of sp³-hybridized carbons (Fsp3) is 0.571. The van der Waals surface area contributed by atoms with Crippen molar-refractivity contribution in [3.8, 4) is 0 Å². The van der Waals surface area contributed by atoms with Crippen LogP contribution in [0.4, 0.5) is 4.79 Å². The van der Waals surface area contributed by atoms with Gasteiger partial charge in [0.1, 0.15) is 17.7 Å². The molecule has 2 aromatic rings. The van der Waals surface area contributed by atoms with Gasteiger partial charge in [-0.1, -0.05) is 93.8 Å². The van der Waals surface area contributed by atoms with E-state index >= 15 is 0 Å². The minimum Gasteiger partial charge on any atom is -0.444 e. The summed E-state index contributed by atoms with van der Waals surface area (Å²) in [5.41, 5.74) is 3.04. The molecule has 0 saturated carbocycles. The van der Waals surface area contributed by atoms with Gasteiger partial charge in [-0.3, -0.25) is 9.59 Å². The van der Waals surface area contributed by atoms with E-state index in [1.54, 1.807) is 25.7 Å². The Morgan fingerprint density at radius 1 is 0.905 bits per heavy atom. The third-order valence-electron chi connectivity index (χ3n) is 7.44. The zero-order chi connectivity index (χ0) is 31.6. The first-order valence-electron chi connectivity index (χ1n) is 15.3. The van der Waals surface area contributed by atoms with Gasteiger partial charge in [-0.25, -0.2) is 4.79 Å². The van der Waals surface area contributed by atoms with Gasteiger partial charge in [0, 0.05) is 12.6 Å². The van der Waals surface area contributed by atoms with Crippen molar-refractivity contribution in [1.29, 1.82) is 0 Å². The summed E-state index contributed by atoms with van der Waals surface area (Å²) in [5.74, 6) is -0.294. The SMILES string of the molecule is CCC(C)C(NC(=O)OC(C)(C)C)C(=O)N(C(C)CCC(C)C)C(C(=O)NCc1ccccc1)c1cc(C)cc(C)c1. The molecule has 0 bridgehead atoms. The molecule has 2 N–H and O–H groups in total. The van der Waals surface area contributed by atoms with Crippen LogP contribution in [0.2, 0.25) is 0 Å². The summed E-state index contributed by atoms with van der Waals surface area (Å²) in [4.78, 5) is 43.5. The van der Waals surface area contributed by atoms with E-state index in [2.05, 4.69) is 30.5 Å². The topological polar surface area (TPSA) is 87.7 Å². The lowest BCUT2D eigenvalue weighted by atomic mass is 9.92. The molecule has 0 spiro atoms. The third-order valence-corrected chi connectivity index (χ3v) is 7.44. The van der Waals surface area contributed by atoms with Gasteiger partial charge in [-0.15, -0.1) is 0 Å². The molecule has 0 fully saturated rings. The van der Waals surface area contributed by atoms with Gasteiger partial charge in [-0.2, -0.15) is 0 Å². The molecule has 4 unspecified atom stereocenters. The first-order valence-corrected chi connectivity index (χ1v) is 15.3. The molecule has 2 rings (SSSR count). The molecule has 0 radical (unpaired) electrons. The van der Waals surface area contributed by atoms with Crippen LogP contribution in [0.1, 0.15) is 103 Å². The number of benzene rings is 2. The van der Waals surface area contributed by atoms with E-state index in [1.165, 1.54) is 0 Å². The fourth-order valence-corrected chi connectivity index (χ4v) is 5.08. The minimum atomic E-state index is -0.881. The van der Waals surface area contributed by atoms with Crippen LogP contribution in [0, 0.1) is 25.7 Å². The van der Waals surface area contributed by atoms with E-state index in [4.69, 9.17) is 4.74 Å². The molecule has 0 aliphatic heterocycles. The van der Waals surface area contributed by atoms with E-state index in [1.807, 2.05) is 77.1 Å². The monoisotopic (exact) mass is 579 g/mol. The number of hydrogen-bond acceptors (Lipinski definition) is 4. The maximum Gasteiger partial charge on any atom is 0.408 e. The Balaban J connectivity index is 2.63.